The Morgan fingerprint density at radius 3 is 2.53 bits per heavy atom. The maximum Gasteiger partial charge on any atom is 2.00 e. The third-order valence-corrected chi connectivity index (χ3v) is 4.44. The van der Waals surface area contributed by atoms with E-state index in [2.05, 4.69) is 22.1 Å². The van der Waals surface area contributed by atoms with Crippen LogP contribution in [0.5, 0.6) is 0 Å². The van der Waals surface area contributed by atoms with Crippen LogP contribution < -0.4 is 4.90 Å². The molecule has 0 aliphatic carbocycles. The van der Waals surface area contributed by atoms with E-state index in [-0.39, 0.29) is 21.1 Å². The van der Waals surface area contributed by atoms with Gasteiger partial charge in [0.2, 0.25) is 0 Å². The first-order chi connectivity index (χ1) is 14.4. The molecule has 0 radical (unpaired) electrons. The fraction of sp³-hybridized carbons (Fsp3) is 0. The van der Waals surface area contributed by atoms with Crippen LogP contribution in [0.25, 0.3) is 17.3 Å². The fourth-order valence-electron chi connectivity index (χ4n) is 3.15. The SMILES string of the molecule is [Pt+2].[c-]1c(-c2ncco2)cccc1N(c1ccccc1)c1cccc(-n2[c-]ccc2)n1. The molecule has 0 bridgehead atoms. The van der Waals surface area contributed by atoms with Crippen molar-refractivity contribution in [2.45, 2.75) is 0 Å². The van der Waals surface area contributed by atoms with Gasteiger partial charge in [-0.3, -0.25) is 9.97 Å². The molecule has 3 aromatic heterocycles. The van der Waals surface area contributed by atoms with Crippen molar-refractivity contribution in [3.8, 4) is 17.3 Å². The maximum absolute atomic E-state index is 5.45. The standard InChI is InChI=1S/C24H16N4O.Pt/c1-2-9-20(10-3-1)28(21-11-6-8-19(18-21)24-25-14-17-29-24)23-13-7-12-22(26-23)27-15-4-5-16-27;/h1-15,17H;/q-2;+2. The molecule has 5 nitrogen and oxygen atoms in total. The number of nitrogens with zero attached hydrogens (tertiary/aromatic N) is 4. The summed E-state index contributed by atoms with van der Waals surface area (Å²) in [6, 6.07) is 29.1. The van der Waals surface area contributed by atoms with E-state index in [4.69, 9.17) is 9.40 Å². The number of aromatic nitrogens is 3. The monoisotopic (exact) mass is 571 g/mol. The molecule has 5 aromatic rings. The summed E-state index contributed by atoms with van der Waals surface area (Å²) >= 11 is 0. The molecule has 0 saturated heterocycles. The zero-order chi connectivity index (χ0) is 19.5. The van der Waals surface area contributed by atoms with Crippen LogP contribution in [0, 0.1) is 12.3 Å². The second-order valence-corrected chi connectivity index (χ2v) is 6.32. The Balaban J connectivity index is 0.00000218. The first kappa shape index (κ1) is 19.9. The van der Waals surface area contributed by atoms with Gasteiger partial charge >= 0.3 is 21.1 Å². The zero-order valence-corrected chi connectivity index (χ0v) is 18.0. The molecule has 30 heavy (non-hydrogen) atoms. The summed E-state index contributed by atoms with van der Waals surface area (Å²) in [5.41, 5.74) is 2.60. The van der Waals surface area contributed by atoms with Gasteiger partial charge in [-0.05, 0) is 23.9 Å². The smallest absolute Gasteiger partial charge is 0.489 e. The van der Waals surface area contributed by atoms with E-state index in [1.165, 1.54) is 0 Å². The number of anilines is 3. The van der Waals surface area contributed by atoms with Crippen molar-refractivity contribution >= 4 is 17.2 Å². The van der Waals surface area contributed by atoms with E-state index in [1.54, 1.807) is 12.5 Å². The van der Waals surface area contributed by atoms with E-state index < -0.39 is 0 Å². The molecule has 6 heteroatoms. The third kappa shape index (κ3) is 3.98. The van der Waals surface area contributed by atoms with Crippen molar-refractivity contribution in [2.75, 3.05) is 4.90 Å². The first-order valence-corrected chi connectivity index (χ1v) is 9.18. The molecule has 0 N–H and O–H groups in total. The maximum atomic E-state index is 5.45. The molecule has 0 aliphatic heterocycles. The van der Waals surface area contributed by atoms with E-state index in [9.17, 15) is 0 Å². The summed E-state index contributed by atoms with van der Waals surface area (Å²) in [7, 11) is 0. The van der Waals surface area contributed by atoms with Crippen molar-refractivity contribution < 1.29 is 25.5 Å². The van der Waals surface area contributed by atoms with Crippen molar-refractivity contribution in [3.05, 3.63) is 110 Å². The minimum atomic E-state index is 0. The summed E-state index contributed by atoms with van der Waals surface area (Å²) in [4.78, 5) is 11.2. The second-order valence-electron chi connectivity index (χ2n) is 6.32. The average molecular weight is 571 g/mol. The van der Waals surface area contributed by atoms with E-state index in [1.807, 2.05) is 89.6 Å². The van der Waals surface area contributed by atoms with E-state index in [0.29, 0.717) is 5.89 Å². The van der Waals surface area contributed by atoms with Gasteiger partial charge in [-0.2, -0.15) is 6.07 Å². The van der Waals surface area contributed by atoms with Crippen molar-refractivity contribution in [1.82, 2.24) is 14.5 Å². The van der Waals surface area contributed by atoms with Gasteiger partial charge in [0.1, 0.15) is 11.7 Å². The molecule has 0 spiro atoms. The summed E-state index contributed by atoms with van der Waals surface area (Å²) in [6.45, 7) is 0. The summed E-state index contributed by atoms with van der Waals surface area (Å²) in [5, 5.41) is 0. The van der Waals surface area contributed by atoms with Crippen molar-refractivity contribution in [2.24, 2.45) is 0 Å². The normalized spacial score (nSPS) is 10.4. The van der Waals surface area contributed by atoms with Crippen molar-refractivity contribution in [1.29, 1.82) is 0 Å². The molecule has 5 rings (SSSR count). The summed E-state index contributed by atoms with van der Waals surface area (Å²) < 4.78 is 7.31. The Labute approximate surface area is 188 Å². The number of benzene rings is 2. The second kappa shape index (κ2) is 8.93. The van der Waals surface area contributed by atoms with Gasteiger partial charge in [-0.15, -0.1) is 36.5 Å². The van der Waals surface area contributed by atoms with Gasteiger partial charge in [-0.25, -0.2) is 0 Å². The predicted octanol–water partition coefficient (Wildman–Crippen LogP) is 5.59. The van der Waals surface area contributed by atoms with Gasteiger partial charge < -0.3 is 13.9 Å². The van der Waals surface area contributed by atoms with Crippen LogP contribution in [0.4, 0.5) is 17.2 Å². The van der Waals surface area contributed by atoms with Crippen LogP contribution in [0.2, 0.25) is 0 Å². The van der Waals surface area contributed by atoms with Crippen LogP contribution in [0.15, 0.2) is 102 Å². The van der Waals surface area contributed by atoms with Gasteiger partial charge in [0, 0.05) is 5.69 Å². The van der Waals surface area contributed by atoms with Crippen LogP contribution in [0.1, 0.15) is 0 Å². The molecule has 148 valence electrons. The molecule has 2 aromatic carbocycles. The van der Waals surface area contributed by atoms with Gasteiger partial charge in [-0.1, -0.05) is 42.1 Å². The Kier molecular flexibility index (Phi) is 5.91. The van der Waals surface area contributed by atoms with Crippen LogP contribution in [-0.4, -0.2) is 14.5 Å². The molecule has 0 saturated carbocycles. The van der Waals surface area contributed by atoms with Gasteiger partial charge in [0.25, 0.3) is 0 Å². The largest absolute Gasteiger partial charge is 2.00 e. The Morgan fingerprint density at radius 2 is 1.77 bits per heavy atom. The summed E-state index contributed by atoms with van der Waals surface area (Å²) in [6.07, 6.45) is 8.25. The molecular weight excluding hydrogens is 555 g/mol. The van der Waals surface area contributed by atoms with E-state index >= 15 is 0 Å². The third-order valence-electron chi connectivity index (χ3n) is 4.44. The van der Waals surface area contributed by atoms with Gasteiger partial charge in [0.05, 0.1) is 18.3 Å². The number of hydrogen-bond acceptors (Lipinski definition) is 4. The molecular formula is C24H16N4OPt. The van der Waals surface area contributed by atoms with Crippen LogP contribution >= 0.6 is 0 Å². The molecule has 0 atom stereocenters. The minimum Gasteiger partial charge on any atom is -0.489 e. The van der Waals surface area contributed by atoms with Crippen molar-refractivity contribution in [3.63, 3.8) is 0 Å². The molecule has 0 aliphatic rings. The molecule has 3 heterocycles. The Bertz CT molecular complexity index is 1130. The van der Waals surface area contributed by atoms with Gasteiger partial charge in [0.15, 0.2) is 0 Å². The number of hydrogen-bond donors (Lipinski definition) is 0. The first-order valence-electron chi connectivity index (χ1n) is 9.18. The fourth-order valence-corrected chi connectivity index (χ4v) is 3.15. The molecule has 0 unspecified atom stereocenters. The van der Waals surface area contributed by atoms with Crippen LogP contribution in [-0.2, 0) is 21.1 Å². The molecule has 0 amide bonds. The summed E-state index contributed by atoms with van der Waals surface area (Å²) in [5.74, 6) is 2.09. The zero-order valence-electron chi connectivity index (χ0n) is 15.8. The number of pyridine rings is 1. The number of para-hydroxylation sites is 1. The Hall–Kier alpha value is -3.43. The minimum absolute atomic E-state index is 0. The van der Waals surface area contributed by atoms with E-state index in [0.717, 1.165) is 28.6 Å². The quantitative estimate of drug-likeness (QED) is 0.258. The topological polar surface area (TPSA) is 47.1 Å². The number of oxazole rings is 1. The Morgan fingerprint density at radius 1 is 0.900 bits per heavy atom. The molecule has 0 fully saturated rings. The predicted molar refractivity (Wildman–Crippen MR) is 111 cm³/mol. The van der Waals surface area contributed by atoms with Crippen LogP contribution in [0.3, 0.4) is 0 Å². The average Bonchev–Trinajstić information content (AvgIpc) is 3.50. The number of rotatable bonds is 5.